The van der Waals surface area contributed by atoms with Crippen LogP contribution in [0.4, 0.5) is 0 Å². The molecule has 0 amide bonds. The Balaban J connectivity index is 2.42. The number of rotatable bonds is 2. The van der Waals surface area contributed by atoms with Crippen LogP contribution < -0.4 is 0 Å². The topological polar surface area (TPSA) is 38.7 Å². The molecular formula is C9H14O3. The van der Waals surface area contributed by atoms with Gasteiger partial charge in [0.05, 0.1) is 12.7 Å². The molecular weight excluding hydrogens is 156 g/mol. The van der Waals surface area contributed by atoms with Crippen molar-refractivity contribution in [1.82, 2.24) is 0 Å². The summed E-state index contributed by atoms with van der Waals surface area (Å²) in [5.74, 6) is 1.80. The predicted molar refractivity (Wildman–Crippen MR) is 44.4 cm³/mol. The van der Waals surface area contributed by atoms with Gasteiger partial charge in [0.2, 0.25) is 0 Å². The van der Waals surface area contributed by atoms with Crippen LogP contribution in [0, 0.1) is 12.3 Å². The summed E-state index contributed by atoms with van der Waals surface area (Å²) in [5.41, 5.74) is 0. The Bertz CT molecular complexity index is 192. The van der Waals surface area contributed by atoms with E-state index in [9.17, 15) is 5.11 Å². The molecule has 12 heavy (non-hydrogen) atoms. The first-order chi connectivity index (χ1) is 5.55. The molecule has 0 aromatic heterocycles. The number of hydrogen-bond acceptors (Lipinski definition) is 3. The Morgan fingerprint density at radius 1 is 1.75 bits per heavy atom. The standard InChI is InChI=1S/C9H14O3/c1-4-5-7(10)8-6-11-9(2,3)12-8/h1,7-8,10H,5-6H2,2-3H3/t7-,8-/m1/s1. The highest BCUT2D eigenvalue weighted by Crippen LogP contribution is 2.24. The molecule has 0 saturated carbocycles. The highest BCUT2D eigenvalue weighted by molar-refractivity contribution is 4.91. The summed E-state index contributed by atoms with van der Waals surface area (Å²) >= 11 is 0. The Labute approximate surface area is 72.7 Å². The molecule has 0 bridgehead atoms. The molecule has 3 heteroatoms. The summed E-state index contributed by atoms with van der Waals surface area (Å²) in [6.07, 6.45) is 4.47. The maximum Gasteiger partial charge on any atom is 0.163 e. The summed E-state index contributed by atoms with van der Waals surface area (Å²) in [5, 5.41) is 9.43. The molecule has 0 aromatic rings. The molecule has 1 saturated heterocycles. The zero-order valence-electron chi connectivity index (χ0n) is 7.41. The maximum absolute atomic E-state index is 9.43. The van der Waals surface area contributed by atoms with E-state index < -0.39 is 11.9 Å². The third-order valence-electron chi connectivity index (χ3n) is 1.79. The van der Waals surface area contributed by atoms with Crippen molar-refractivity contribution in [3.63, 3.8) is 0 Å². The molecule has 0 radical (unpaired) electrons. The molecule has 1 aliphatic rings. The van der Waals surface area contributed by atoms with Crippen molar-refractivity contribution in [2.24, 2.45) is 0 Å². The number of ether oxygens (including phenoxy) is 2. The molecule has 0 aliphatic carbocycles. The highest BCUT2D eigenvalue weighted by atomic mass is 16.7. The van der Waals surface area contributed by atoms with Crippen LogP contribution in [0.2, 0.25) is 0 Å². The average molecular weight is 170 g/mol. The fourth-order valence-electron chi connectivity index (χ4n) is 1.16. The van der Waals surface area contributed by atoms with Crippen molar-refractivity contribution in [2.75, 3.05) is 6.61 Å². The lowest BCUT2D eigenvalue weighted by Gasteiger charge is -2.19. The smallest absolute Gasteiger partial charge is 0.163 e. The summed E-state index contributed by atoms with van der Waals surface area (Å²) in [4.78, 5) is 0. The van der Waals surface area contributed by atoms with Gasteiger partial charge >= 0.3 is 0 Å². The van der Waals surface area contributed by atoms with Gasteiger partial charge in [-0.15, -0.1) is 12.3 Å². The first-order valence-electron chi connectivity index (χ1n) is 3.98. The fraction of sp³-hybridized carbons (Fsp3) is 0.778. The Hall–Kier alpha value is -0.560. The molecule has 1 N–H and O–H groups in total. The van der Waals surface area contributed by atoms with Gasteiger partial charge < -0.3 is 14.6 Å². The summed E-state index contributed by atoms with van der Waals surface area (Å²) in [7, 11) is 0. The molecule has 1 heterocycles. The predicted octanol–water partition coefficient (Wildman–Crippen LogP) is 0.522. The van der Waals surface area contributed by atoms with Gasteiger partial charge in [-0.2, -0.15) is 0 Å². The zero-order chi connectivity index (χ0) is 9.19. The number of terminal acetylenes is 1. The van der Waals surface area contributed by atoms with E-state index in [2.05, 4.69) is 5.92 Å². The van der Waals surface area contributed by atoms with E-state index in [1.165, 1.54) is 0 Å². The van der Waals surface area contributed by atoms with Crippen LogP contribution in [0.15, 0.2) is 0 Å². The van der Waals surface area contributed by atoms with Gasteiger partial charge in [0.15, 0.2) is 5.79 Å². The molecule has 0 unspecified atom stereocenters. The molecule has 68 valence electrons. The number of aliphatic hydroxyl groups excluding tert-OH is 1. The van der Waals surface area contributed by atoms with E-state index >= 15 is 0 Å². The zero-order valence-corrected chi connectivity index (χ0v) is 7.41. The quantitative estimate of drug-likeness (QED) is 0.614. The second-order valence-electron chi connectivity index (χ2n) is 3.34. The van der Waals surface area contributed by atoms with Crippen LogP contribution in [0.5, 0.6) is 0 Å². The van der Waals surface area contributed by atoms with Crippen LogP contribution in [-0.2, 0) is 9.47 Å². The summed E-state index contributed by atoms with van der Waals surface area (Å²) in [6.45, 7) is 4.04. The lowest BCUT2D eigenvalue weighted by Crippen LogP contribution is -2.30. The molecule has 1 fully saturated rings. The molecule has 3 nitrogen and oxygen atoms in total. The monoisotopic (exact) mass is 170 g/mol. The van der Waals surface area contributed by atoms with Gasteiger partial charge in [0, 0.05) is 6.42 Å². The number of hydrogen-bond donors (Lipinski definition) is 1. The molecule has 0 spiro atoms. The lowest BCUT2D eigenvalue weighted by atomic mass is 10.1. The van der Waals surface area contributed by atoms with E-state index in [1.807, 2.05) is 13.8 Å². The van der Waals surface area contributed by atoms with Crippen molar-refractivity contribution < 1.29 is 14.6 Å². The SMILES string of the molecule is C#CC[C@@H](O)[C@H]1COC(C)(C)O1. The summed E-state index contributed by atoms with van der Waals surface area (Å²) in [6, 6.07) is 0. The number of aliphatic hydroxyl groups is 1. The maximum atomic E-state index is 9.43. The first-order valence-corrected chi connectivity index (χ1v) is 3.98. The van der Waals surface area contributed by atoms with Crippen LogP contribution in [0.3, 0.4) is 0 Å². The van der Waals surface area contributed by atoms with Gasteiger partial charge in [-0.1, -0.05) is 0 Å². The van der Waals surface area contributed by atoms with E-state index in [0.29, 0.717) is 13.0 Å². The lowest BCUT2D eigenvalue weighted by molar-refractivity contribution is -0.150. The van der Waals surface area contributed by atoms with Gasteiger partial charge in [0.25, 0.3) is 0 Å². The molecule has 0 aromatic carbocycles. The van der Waals surface area contributed by atoms with Crippen LogP contribution in [-0.4, -0.2) is 29.7 Å². The van der Waals surface area contributed by atoms with E-state index in [0.717, 1.165) is 0 Å². The highest BCUT2D eigenvalue weighted by Gasteiger charge is 2.36. The first kappa shape index (κ1) is 9.53. The largest absolute Gasteiger partial charge is 0.389 e. The Morgan fingerprint density at radius 2 is 2.42 bits per heavy atom. The van der Waals surface area contributed by atoms with Gasteiger partial charge in [-0.05, 0) is 13.8 Å². The van der Waals surface area contributed by atoms with Gasteiger partial charge in [-0.25, -0.2) is 0 Å². The third-order valence-corrected chi connectivity index (χ3v) is 1.79. The Kier molecular flexibility index (Phi) is 2.73. The average Bonchev–Trinajstić information content (AvgIpc) is 2.31. The van der Waals surface area contributed by atoms with Gasteiger partial charge in [-0.3, -0.25) is 0 Å². The van der Waals surface area contributed by atoms with Crippen molar-refractivity contribution in [3.8, 4) is 12.3 Å². The normalized spacial score (nSPS) is 29.7. The summed E-state index contributed by atoms with van der Waals surface area (Å²) < 4.78 is 10.7. The van der Waals surface area contributed by atoms with Crippen molar-refractivity contribution in [1.29, 1.82) is 0 Å². The second kappa shape index (κ2) is 3.44. The molecule has 1 aliphatic heterocycles. The van der Waals surface area contributed by atoms with Crippen molar-refractivity contribution >= 4 is 0 Å². The van der Waals surface area contributed by atoms with E-state index in [1.54, 1.807) is 0 Å². The minimum atomic E-state index is -0.614. The minimum absolute atomic E-state index is 0.281. The van der Waals surface area contributed by atoms with E-state index in [4.69, 9.17) is 15.9 Å². The van der Waals surface area contributed by atoms with E-state index in [-0.39, 0.29) is 6.10 Å². The third kappa shape index (κ3) is 2.21. The van der Waals surface area contributed by atoms with Crippen LogP contribution in [0.25, 0.3) is 0 Å². The minimum Gasteiger partial charge on any atom is -0.389 e. The fourth-order valence-corrected chi connectivity index (χ4v) is 1.16. The molecule has 2 atom stereocenters. The van der Waals surface area contributed by atoms with Crippen LogP contribution in [0.1, 0.15) is 20.3 Å². The van der Waals surface area contributed by atoms with Crippen molar-refractivity contribution in [3.05, 3.63) is 0 Å². The molecule has 1 rings (SSSR count). The Morgan fingerprint density at radius 3 is 2.83 bits per heavy atom. The van der Waals surface area contributed by atoms with Crippen molar-refractivity contribution in [2.45, 2.75) is 38.3 Å². The van der Waals surface area contributed by atoms with Gasteiger partial charge in [0.1, 0.15) is 6.10 Å². The second-order valence-corrected chi connectivity index (χ2v) is 3.34. The van der Waals surface area contributed by atoms with Crippen LogP contribution >= 0.6 is 0 Å².